The number of para-hydroxylation sites is 1. The molecule has 2 aliphatic heterocycles. The summed E-state index contributed by atoms with van der Waals surface area (Å²) in [5.74, 6) is 1.04. The molecule has 0 radical (unpaired) electrons. The van der Waals surface area contributed by atoms with E-state index in [0.717, 1.165) is 33.5 Å². The Labute approximate surface area is 172 Å². The maximum atomic E-state index is 10.5. The summed E-state index contributed by atoms with van der Waals surface area (Å²) in [6.07, 6.45) is 0.315. The van der Waals surface area contributed by atoms with E-state index in [9.17, 15) is 5.11 Å². The van der Waals surface area contributed by atoms with Gasteiger partial charge in [0, 0.05) is 16.5 Å². The molecule has 5 rings (SSSR count). The van der Waals surface area contributed by atoms with Gasteiger partial charge in [-0.3, -0.25) is 0 Å². The minimum atomic E-state index is -0.486. The zero-order chi connectivity index (χ0) is 19.3. The van der Waals surface area contributed by atoms with Gasteiger partial charge in [-0.05, 0) is 36.8 Å². The third-order valence-electron chi connectivity index (χ3n) is 5.34. The number of ether oxygens (including phenoxy) is 1. The largest absolute Gasteiger partial charge is 0.507 e. The molecule has 3 aromatic rings. The highest BCUT2D eigenvalue weighted by molar-refractivity contribution is 9.10. The Morgan fingerprint density at radius 1 is 1.04 bits per heavy atom. The summed E-state index contributed by atoms with van der Waals surface area (Å²) in [6, 6.07) is 22.0. The number of aryl methyl sites for hydroxylation is 1. The quantitative estimate of drug-likeness (QED) is 0.561. The predicted octanol–water partition coefficient (Wildman–Crippen LogP) is 5.71. The van der Waals surface area contributed by atoms with Crippen LogP contribution < -0.4 is 4.74 Å². The molecule has 1 N–H and O–H groups in total. The van der Waals surface area contributed by atoms with E-state index in [1.165, 1.54) is 5.56 Å². The molecular formula is C23H19BrN2O2. The molecule has 0 bridgehead atoms. The predicted molar refractivity (Wildman–Crippen MR) is 113 cm³/mol. The summed E-state index contributed by atoms with van der Waals surface area (Å²) in [4.78, 5) is 0. The molecule has 4 nitrogen and oxygen atoms in total. The Kier molecular flexibility index (Phi) is 4.13. The Balaban J connectivity index is 1.62. The molecule has 0 saturated heterocycles. The van der Waals surface area contributed by atoms with Gasteiger partial charge in [-0.15, -0.1) is 0 Å². The Morgan fingerprint density at radius 3 is 2.64 bits per heavy atom. The van der Waals surface area contributed by atoms with Crippen molar-refractivity contribution in [3.63, 3.8) is 0 Å². The number of halogens is 1. The fraction of sp³-hybridized carbons (Fsp3) is 0.174. The van der Waals surface area contributed by atoms with Crippen LogP contribution in [0.2, 0.25) is 0 Å². The topological polar surface area (TPSA) is 45.1 Å². The monoisotopic (exact) mass is 434 g/mol. The fourth-order valence-corrected chi connectivity index (χ4v) is 4.26. The molecular weight excluding hydrogens is 416 g/mol. The zero-order valence-electron chi connectivity index (χ0n) is 15.3. The van der Waals surface area contributed by atoms with E-state index in [2.05, 4.69) is 53.2 Å². The Hall–Kier alpha value is -2.79. The standard InChI is InChI=1S/C23H19BrN2O2/c1-14-6-8-15(9-7-14)19-13-20-17-4-2-3-5-22(17)28-23(26(20)25-19)18-12-16(24)10-11-21(18)27/h2-12,20,23,27H,13H2,1H3/t20-,23+/m1/s1. The van der Waals surface area contributed by atoms with Crippen molar-refractivity contribution in [3.05, 3.63) is 93.5 Å². The third kappa shape index (κ3) is 2.87. The first-order chi connectivity index (χ1) is 13.6. The number of nitrogens with zero attached hydrogens (tertiary/aromatic N) is 2. The smallest absolute Gasteiger partial charge is 0.217 e. The number of fused-ring (bicyclic) bond motifs is 3. The van der Waals surface area contributed by atoms with Gasteiger partial charge in [-0.1, -0.05) is 64.0 Å². The molecule has 5 heteroatoms. The van der Waals surface area contributed by atoms with E-state index in [0.29, 0.717) is 5.56 Å². The lowest BCUT2D eigenvalue weighted by Crippen LogP contribution is -2.33. The summed E-state index contributed by atoms with van der Waals surface area (Å²) >= 11 is 3.50. The van der Waals surface area contributed by atoms with Crippen molar-refractivity contribution in [2.45, 2.75) is 25.6 Å². The van der Waals surface area contributed by atoms with Crippen LogP contribution in [-0.4, -0.2) is 15.8 Å². The van der Waals surface area contributed by atoms with E-state index in [4.69, 9.17) is 9.84 Å². The average molecular weight is 435 g/mol. The van der Waals surface area contributed by atoms with E-state index in [1.54, 1.807) is 6.07 Å². The third-order valence-corrected chi connectivity index (χ3v) is 5.83. The first-order valence-corrected chi connectivity index (χ1v) is 10.1. The number of hydrogen-bond acceptors (Lipinski definition) is 4. The molecule has 0 saturated carbocycles. The number of rotatable bonds is 2. The number of benzene rings is 3. The minimum absolute atomic E-state index is 0.0737. The second kappa shape index (κ2) is 6.67. The second-order valence-electron chi connectivity index (χ2n) is 7.22. The highest BCUT2D eigenvalue weighted by atomic mass is 79.9. The minimum Gasteiger partial charge on any atom is -0.507 e. The van der Waals surface area contributed by atoms with Crippen LogP contribution in [0.5, 0.6) is 11.5 Å². The van der Waals surface area contributed by atoms with Crippen LogP contribution in [0.3, 0.4) is 0 Å². The molecule has 140 valence electrons. The number of hydrogen-bond donors (Lipinski definition) is 1. The van der Waals surface area contributed by atoms with Crippen LogP contribution in [0.1, 0.15) is 40.9 Å². The summed E-state index contributed by atoms with van der Waals surface area (Å²) in [7, 11) is 0. The van der Waals surface area contributed by atoms with Crippen LogP contribution in [0.25, 0.3) is 0 Å². The summed E-state index contributed by atoms with van der Waals surface area (Å²) < 4.78 is 7.20. The van der Waals surface area contributed by atoms with Crippen molar-refractivity contribution in [3.8, 4) is 11.5 Å². The van der Waals surface area contributed by atoms with Gasteiger partial charge in [0.05, 0.1) is 17.3 Å². The van der Waals surface area contributed by atoms with Crippen molar-refractivity contribution < 1.29 is 9.84 Å². The maximum Gasteiger partial charge on any atom is 0.217 e. The van der Waals surface area contributed by atoms with Crippen molar-refractivity contribution in [1.29, 1.82) is 0 Å². The average Bonchev–Trinajstić information content (AvgIpc) is 3.15. The molecule has 2 heterocycles. The van der Waals surface area contributed by atoms with Crippen LogP contribution >= 0.6 is 15.9 Å². The van der Waals surface area contributed by atoms with E-state index >= 15 is 0 Å². The highest BCUT2D eigenvalue weighted by Crippen LogP contribution is 2.48. The number of aromatic hydroxyl groups is 1. The van der Waals surface area contributed by atoms with Crippen molar-refractivity contribution >= 4 is 21.6 Å². The molecule has 2 atom stereocenters. The molecule has 0 spiro atoms. The van der Waals surface area contributed by atoms with Gasteiger partial charge < -0.3 is 9.84 Å². The first-order valence-electron chi connectivity index (χ1n) is 9.27. The first kappa shape index (κ1) is 17.3. The van der Waals surface area contributed by atoms with Crippen LogP contribution in [0, 0.1) is 6.92 Å². The number of phenolic OH excluding ortho intramolecular Hbond substituents is 1. The second-order valence-corrected chi connectivity index (χ2v) is 8.14. The van der Waals surface area contributed by atoms with Crippen LogP contribution in [-0.2, 0) is 0 Å². The summed E-state index contributed by atoms with van der Waals surface area (Å²) in [5.41, 5.74) is 5.20. The lowest BCUT2D eigenvalue weighted by molar-refractivity contribution is -0.0203. The molecule has 0 amide bonds. The number of phenols is 1. The van der Waals surface area contributed by atoms with Gasteiger partial charge in [-0.2, -0.15) is 5.10 Å². The van der Waals surface area contributed by atoms with E-state index in [-0.39, 0.29) is 11.8 Å². The molecule has 0 aromatic heterocycles. The molecule has 3 aromatic carbocycles. The molecule has 2 aliphatic rings. The molecule has 0 fully saturated rings. The Morgan fingerprint density at radius 2 is 1.82 bits per heavy atom. The molecule has 28 heavy (non-hydrogen) atoms. The lowest BCUT2D eigenvalue weighted by Gasteiger charge is -2.38. The van der Waals surface area contributed by atoms with Crippen molar-refractivity contribution in [2.75, 3.05) is 0 Å². The maximum absolute atomic E-state index is 10.5. The summed E-state index contributed by atoms with van der Waals surface area (Å²) in [6.45, 7) is 2.08. The fourth-order valence-electron chi connectivity index (χ4n) is 3.88. The van der Waals surface area contributed by atoms with Crippen LogP contribution in [0.4, 0.5) is 0 Å². The molecule has 0 aliphatic carbocycles. The van der Waals surface area contributed by atoms with E-state index < -0.39 is 6.23 Å². The van der Waals surface area contributed by atoms with Gasteiger partial charge in [0.2, 0.25) is 6.23 Å². The van der Waals surface area contributed by atoms with Gasteiger partial charge in [-0.25, -0.2) is 5.01 Å². The highest BCUT2D eigenvalue weighted by Gasteiger charge is 2.41. The SMILES string of the molecule is Cc1ccc(C2=NN3[C@H](C2)c2ccccc2O[C@H]3c2cc(Br)ccc2O)cc1. The van der Waals surface area contributed by atoms with E-state index in [1.807, 2.05) is 35.3 Å². The van der Waals surface area contributed by atoms with Crippen LogP contribution in [0.15, 0.2) is 76.3 Å². The Bertz CT molecular complexity index is 1080. The number of hydrazone groups is 1. The van der Waals surface area contributed by atoms with Gasteiger partial charge in [0.25, 0.3) is 0 Å². The van der Waals surface area contributed by atoms with Gasteiger partial charge in [0.1, 0.15) is 11.5 Å². The van der Waals surface area contributed by atoms with Crippen molar-refractivity contribution in [2.24, 2.45) is 5.10 Å². The zero-order valence-corrected chi connectivity index (χ0v) is 16.9. The van der Waals surface area contributed by atoms with Gasteiger partial charge in [0.15, 0.2) is 0 Å². The van der Waals surface area contributed by atoms with Crippen molar-refractivity contribution in [1.82, 2.24) is 5.01 Å². The summed E-state index contributed by atoms with van der Waals surface area (Å²) in [5, 5.41) is 17.4. The normalized spacial score (nSPS) is 20.2. The van der Waals surface area contributed by atoms with Gasteiger partial charge >= 0.3 is 0 Å². The lowest BCUT2D eigenvalue weighted by atomic mass is 9.95. The molecule has 0 unspecified atom stereocenters.